The number of carbonyl (C=O) groups is 1. The Labute approximate surface area is 97.5 Å². The van der Waals surface area contributed by atoms with Crippen molar-refractivity contribution in [2.45, 2.75) is 44.7 Å². The van der Waals surface area contributed by atoms with Crippen LogP contribution in [0.5, 0.6) is 0 Å². The maximum Gasteiger partial charge on any atom is 0.415 e. The van der Waals surface area contributed by atoms with Crippen LogP contribution in [0.25, 0.3) is 0 Å². The van der Waals surface area contributed by atoms with E-state index < -0.39 is 36.4 Å². The second-order valence-electron chi connectivity index (χ2n) is 4.86. The molecule has 1 fully saturated rings. The van der Waals surface area contributed by atoms with Crippen LogP contribution in [-0.4, -0.2) is 43.0 Å². The quantitative estimate of drug-likeness (QED) is 0.716. The number of esters is 1. The van der Waals surface area contributed by atoms with Crippen LogP contribution in [-0.2, 0) is 14.3 Å². The molecule has 7 heteroatoms. The highest BCUT2D eigenvalue weighted by molar-refractivity contribution is 5.76. The van der Waals surface area contributed by atoms with Gasteiger partial charge in [-0.1, -0.05) is 0 Å². The normalized spacial score (nSPS) is 26.7. The summed E-state index contributed by atoms with van der Waals surface area (Å²) in [4.78, 5) is 11.5. The van der Waals surface area contributed by atoms with Crippen molar-refractivity contribution in [2.75, 3.05) is 13.2 Å². The van der Waals surface area contributed by atoms with E-state index in [1.807, 2.05) is 0 Å². The average molecular weight is 255 g/mol. The van der Waals surface area contributed by atoms with E-state index in [1.165, 1.54) is 0 Å². The van der Waals surface area contributed by atoms with E-state index in [4.69, 9.17) is 4.74 Å². The SMILES string of the molecule is CC(C)(C)OC(=O)[C@@H]1CO[C@@H](C(F)(F)F)CN1. The fourth-order valence-electron chi connectivity index (χ4n) is 1.31. The summed E-state index contributed by atoms with van der Waals surface area (Å²) in [7, 11) is 0. The third kappa shape index (κ3) is 4.51. The van der Waals surface area contributed by atoms with Gasteiger partial charge in [0.25, 0.3) is 0 Å². The van der Waals surface area contributed by atoms with Gasteiger partial charge in [-0.25, -0.2) is 0 Å². The van der Waals surface area contributed by atoms with E-state index >= 15 is 0 Å². The smallest absolute Gasteiger partial charge is 0.415 e. The fraction of sp³-hybridized carbons (Fsp3) is 0.900. The lowest BCUT2D eigenvalue weighted by Gasteiger charge is -2.31. The molecule has 0 bridgehead atoms. The first-order valence-corrected chi connectivity index (χ1v) is 5.24. The minimum Gasteiger partial charge on any atom is -0.459 e. The molecular weight excluding hydrogens is 239 g/mol. The number of halogens is 3. The molecule has 1 N–H and O–H groups in total. The van der Waals surface area contributed by atoms with Crippen LogP contribution in [0.1, 0.15) is 20.8 Å². The zero-order chi connectivity index (χ0) is 13.3. The molecule has 0 spiro atoms. The van der Waals surface area contributed by atoms with E-state index in [2.05, 4.69) is 10.1 Å². The Kier molecular flexibility index (Phi) is 4.03. The second kappa shape index (κ2) is 4.81. The number of alkyl halides is 3. The van der Waals surface area contributed by atoms with E-state index in [0.717, 1.165) is 0 Å². The Morgan fingerprint density at radius 3 is 2.29 bits per heavy atom. The van der Waals surface area contributed by atoms with Gasteiger partial charge in [0.05, 0.1) is 6.61 Å². The van der Waals surface area contributed by atoms with Gasteiger partial charge in [-0.05, 0) is 20.8 Å². The second-order valence-corrected chi connectivity index (χ2v) is 4.86. The molecule has 0 aliphatic carbocycles. The van der Waals surface area contributed by atoms with Gasteiger partial charge in [0.2, 0.25) is 0 Å². The Hall–Kier alpha value is -0.820. The van der Waals surface area contributed by atoms with Gasteiger partial charge in [-0.3, -0.25) is 10.1 Å². The largest absolute Gasteiger partial charge is 0.459 e. The number of morpholine rings is 1. The summed E-state index contributed by atoms with van der Waals surface area (Å²) in [6, 6.07) is -0.840. The van der Waals surface area contributed by atoms with E-state index in [-0.39, 0.29) is 6.61 Å². The summed E-state index contributed by atoms with van der Waals surface area (Å²) in [6.45, 7) is 4.29. The number of nitrogens with one attached hydrogen (secondary N) is 1. The van der Waals surface area contributed by atoms with E-state index in [9.17, 15) is 18.0 Å². The molecule has 0 aromatic carbocycles. The lowest BCUT2D eigenvalue weighted by molar-refractivity contribution is -0.231. The third-order valence-electron chi connectivity index (χ3n) is 2.07. The topological polar surface area (TPSA) is 47.6 Å². The Balaban J connectivity index is 2.45. The highest BCUT2D eigenvalue weighted by atomic mass is 19.4. The summed E-state index contributed by atoms with van der Waals surface area (Å²) >= 11 is 0. The molecule has 0 aromatic heterocycles. The first kappa shape index (κ1) is 14.2. The highest BCUT2D eigenvalue weighted by Crippen LogP contribution is 2.24. The number of carbonyl (C=O) groups excluding carboxylic acids is 1. The summed E-state index contributed by atoms with van der Waals surface area (Å²) in [6.07, 6.45) is -6.27. The molecule has 1 heterocycles. The van der Waals surface area contributed by atoms with Crippen molar-refractivity contribution >= 4 is 5.97 Å². The van der Waals surface area contributed by atoms with Crippen molar-refractivity contribution in [3.63, 3.8) is 0 Å². The van der Waals surface area contributed by atoms with Gasteiger partial charge in [0, 0.05) is 6.54 Å². The molecule has 4 nitrogen and oxygen atoms in total. The Bertz CT molecular complexity index is 278. The van der Waals surface area contributed by atoms with Gasteiger partial charge in [-0.15, -0.1) is 0 Å². The van der Waals surface area contributed by atoms with Crippen molar-refractivity contribution in [1.29, 1.82) is 0 Å². The van der Waals surface area contributed by atoms with Gasteiger partial charge in [0.15, 0.2) is 6.10 Å². The summed E-state index contributed by atoms with van der Waals surface area (Å²) < 4.78 is 46.4. The molecule has 0 saturated carbocycles. The minimum absolute atomic E-state index is 0.334. The molecule has 1 saturated heterocycles. The van der Waals surface area contributed by atoms with Gasteiger partial charge in [0.1, 0.15) is 11.6 Å². The Morgan fingerprint density at radius 2 is 1.94 bits per heavy atom. The zero-order valence-corrected chi connectivity index (χ0v) is 9.93. The molecule has 100 valence electrons. The Morgan fingerprint density at radius 1 is 1.35 bits per heavy atom. The van der Waals surface area contributed by atoms with Crippen LogP contribution in [0.3, 0.4) is 0 Å². The molecule has 0 amide bonds. The van der Waals surface area contributed by atoms with Crippen molar-refractivity contribution in [3.8, 4) is 0 Å². The van der Waals surface area contributed by atoms with Crippen molar-refractivity contribution < 1.29 is 27.4 Å². The van der Waals surface area contributed by atoms with Gasteiger partial charge >= 0.3 is 12.1 Å². The molecule has 0 radical (unpaired) electrons. The van der Waals surface area contributed by atoms with Crippen molar-refractivity contribution in [3.05, 3.63) is 0 Å². The van der Waals surface area contributed by atoms with E-state index in [0.29, 0.717) is 0 Å². The fourth-order valence-corrected chi connectivity index (χ4v) is 1.31. The first-order valence-electron chi connectivity index (χ1n) is 5.24. The molecule has 1 aliphatic heterocycles. The lowest BCUT2D eigenvalue weighted by atomic mass is 10.1. The molecule has 1 aliphatic rings. The first-order chi connectivity index (χ1) is 7.59. The molecule has 0 aromatic rings. The van der Waals surface area contributed by atoms with Crippen molar-refractivity contribution in [1.82, 2.24) is 5.32 Å². The predicted molar refractivity (Wildman–Crippen MR) is 53.4 cm³/mol. The van der Waals surface area contributed by atoms with Crippen LogP contribution in [0.2, 0.25) is 0 Å². The molecular formula is C10H16F3NO3. The van der Waals surface area contributed by atoms with Crippen LogP contribution in [0, 0.1) is 0 Å². The van der Waals surface area contributed by atoms with Gasteiger partial charge in [-0.2, -0.15) is 13.2 Å². The van der Waals surface area contributed by atoms with Crippen LogP contribution in [0.15, 0.2) is 0 Å². The number of hydrogen-bond acceptors (Lipinski definition) is 4. The predicted octanol–water partition coefficient (Wildman–Crippen LogP) is 1.25. The third-order valence-corrected chi connectivity index (χ3v) is 2.07. The highest BCUT2D eigenvalue weighted by Gasteiger charge is 2.44. The maximum absolute atomic E-state index is 12.3. The van der Waals surface area contributed by atoms with Crippen LogP contribution >= 0.6 is 0 Å². The molecule has 1 rings (SSSR count). The zero-order valence-electron chi connectivity index (χ0n) is 9.93. The number of rotatable bonds is 1. The average Bonchev–Trinajstić information content (AvgIpc) is 2.14. The van der Waals surface area contributed by atoms with E-state index in [1.54, 1.807) is 20.8 Å². The van der Waals surface area contributed by atoms with Crippen molar-refractivity contribution in [2.24, 2.45) is 0 Å². The standard InChI is InChI=1S/C10H16F3NO3/c1-9(2,3)17-8(15)6-5-16-7(4-14-6)10(11,12)13/h6-7,14H,4-5H2,1-3H3/t6-,7+/m0/s1. The molecule has 17 heavy (non-hydrogen) atoms. The number of hydrogen-bond donors (Lipinski definition) is 1. The summed E-state index contributed by atoms with van der Waals surface area (Å²) in [5.74, 6) is -0.599. The lowest BCUT2D eigenvalue weighted by Crippen LogP contribution is -2.55. The minimum atomic E-state index is -4.41. The van der Waals surface area contributed by atoms with Gasteiger partial charge < -0.3 is 9.47 Å². The maximum atomic E-state index is 12.3. The van der Waals surface area contributed by atoms with Crippen LogP contribution < -0.4 is 5.32 Å². The monoisotopic (exact) mass is 255 g/mol. The molecule has 2 atom stereocenters. The summed E-state index contributed by atoms with van der Waals surface area (Å²) in [5, 5.41) is 2.48. The number of ether oxygens (including phenoxy) is 2. The summed E-state index contributed by atoms with van der Waals surface area (Å²) in [5.41, 5.74) is -0.667. The van der Waals surface area contributed by atoms with Crippen LogP contribution in [0.4, 0.5) is 13.2 Å². The molecule has 0 unspecified atom stereocenters.